The minimum absolute atomic E-state index is 0.00736. The third kappa shape index (κ3) is 4.40. The summed E-state index contributed by atoms with van der Waals surface area (Å²) in [5, 5.41) is 11.2. The SMILES string of the molecule is NC(=NO)C1CN(C(=O)CCC(F)(F)F)CCO1. The number of hydrogen-bond acceptors (Lipinski definition) is 4. The summed E-state index contributed by atoms with van der Waals surface area (Å²) in [6.45, 7) is 0.330. The maximum absolute atomic E-state index is 12.0. The summed E-state index contributed by atoms with van der Waals surface area (Å²) in [6, 6.07) is 0. The number of nitrogens with two attached hydrogens (primary N) is 1. The molecule has 104 valence electrons. The van der Waals surface area contributed by atoms with Crippen molar-refractivity contribution >= 4 is 11.7 Å². The maximum Gasteiger partial charge on any atom is 0.389 e. The molecule has 0 bridgehead atoms. The van der Waals surface area contributed by atoms with Crippen LogP contribution in [0.2, 0.25) is 0 Å². The molecule has 0 spiro atoms. The second-order valence-electron chi connectivity index (χ2n) is 3.84. The zero-order valence-electron chi connectivity index (χ0n) is 9.48. The molecule has 3 N–H and O–H groups in total. The fourth-order valence-corrected chi connectivity index (χ4v) is 1.53. The topological polar surface area (TPSA) is 88.2 Å². The molecule has 0 saturated carbocycles. The van der Waals surface area contributed by atoms with Gasteiger partial charge in [0.15, 0.2) is 5.84 Å². The van der Waals surface area contributed by atoms with Crippen LogP contribution in [-0.4, -0.2) is 53.8 Å². The number of oxime groups is 1. The Kier molecular flexibility index (Phi) is 4.76. The van der Waals surface area contributed by atoms with E-state index in [0.717, 1.165) is 0 Å². The number of amides is 1. The van der Waals surface area contributed by atoms with Gasteiger partial charge >= 0.3 is 6.18 Å². The lowest BCUT2D eigenvalue weighted by Gasteiger charge is -2.32. The zero-order chi connectivity index (χ0) is 13.8. The molecule has 1 fully saturated rings. The van der Waals surface area contributed by atoms with Crippen LogP contribution in [0.4, 0.5) is 13.2 Å². The molecule has 0 aromatic rings. The Hall–Kier alpha value is -1.51. The number of carbonyl (C=O) groups excluding carboxylic acids is 1. The summed E-state index contributed by atoms with van der Waals surface area (Å²) in [5.74, 6) is -0.824. The summed E-state index contributed by atoms with van der Waals surface area (Å²) < 4.78 is 41.0. The van der Waals surface area contributed by atoms with E-state index in [9.17, 15) is 18.0 Å². The van der Waals surface area contributed by atoms with Crippen LogP contribution in [0.5, 0.6) is 0 Å². The number of morpholine rings is 1. The molecule has 1 atom stereocenters. The van der Waals surface area contributed by atoms with Crippen molar-refractivity contribution in [1.29, 1.82) is 0 Å². The first kappa shape index (κ1) is 14.6. The molecule has 0 aromatic heterocycles. The minimum atomic E-state index is -4.35. The Morgan fingerprint density at radius 1 is 1.56 bits per heavy atom. The van der Waals surface area contributed by atoms with Crippen LogP contribution in [0.15, 0.2) is 5.16 Å². The van der Waals surface area contributed by atoms with Crippen LogP contribution in [0.1, 0.15) is 12.8 Å². The Morgan fingerprint density at radius 3 is 2.78 bits per heavy atom. The molecule has 0 aliphatic carbocycles. The van der Waals surface area contributed by atoms with E-state index in [1.54, 1.807) is 0 Å². The van der Waals surface area contributed by atoms with E-state index < -0.39 is 31.0 Å². The van der Waals surface area contributed by atoms with E-state index in [1.165, 1.54) is 4.90 Å². The first-order chi connectivity index (χ1) is 8.33. The predicted molar refractivity (Wildman–Crippen MR) is 55.0 cm³/mol. The highest BCUT2D eigenvalue weighted by atomic mass is 19.4. The number of nitrogens with zero attached hydrogens (tertiary/aromatic N) is 2. The van der Waals surface area contributed by atoms with Crippen molar-refractivity contribution in [2.45, 2.75) is 25.1 Å². The van der Waals surface area contributed by atoms with Crippen LogP contribution < -0.4 is 5.73 Å². The van der Waals surface area contributed by atoms with Crippen LogP contribution in [0, 0.1) is 0 Å². The molecule has 9 heteroatoms. The van der Waals surface area contributed by atoms with Crippen molar-refractivity contribution in [3.8, 4) is 0 Å². The van der Waals surface area contributed by atoms with E-state index in [4.69, 9.17) is 15.7 Å². The van der Waals surface area contributed by atoms with Gasteiger partial charge in [0.1, 0.15) is 6.10 Å². The van der Waals surface area contributed by atoms with Gasteiger partial charge in [-0.15, -0.1) is 0 Å². The lowest BCUT2D eigenvalue weighted by atomic mass is 10.2. The first-order valence-electron chi connectivity index (χ1n) is 5.27. The van der Waals surface area contributed by atoms with E-state index in [1.807, 2.05) is 0 Å². The molecular weight excluding hydrogens is 255 g/mol. The Balaban J connectivity index is 2.48. The maximum atomic E-state index is 12.0. The largest absolute Gasteiger partial charge is 0.409 e. The summed E-state index contributed by atoms with van der Waals surface area (Å²) in [7, 11) is 0. The summed E-state index contributed by atoms with van der Waals surface area (Å²) in [5.41, 5.74) is 5.31. The third-order valence-corrected chi connectivity index (χ3v) is 2.49. The highest BCUT2D eigenvalue weighted by molar-refractivity contribution is 5.85. The quantitative estimate of drug-likeness (QED) is 0.334. The highest BCUT2D eigenvalue weighted by Gasteiger charge is 2.31. The van der Waals surface area contributed by atoms with Gasteiger partial charge in [0.25, 0.3) is 0 Å². The number of alkyl halides is 3. The van der Waals surface area contributed by atoms with Gasteiger partial charge in [0.2, 0.25) is 5.91 Å². The molecule has 18 heavy (non-hydrogen) atoms. The molecule has 1 unspecified atom stereocenters. The zero-order valence-corrected chi connectivity index (χ0v) is 9.48. The van der Waals surface area contributed by atoms with Crippen molar-refractivity contribution in [3.05, 3.63) is 0 Å². The normalized spacial score (nSPS) is 22.1. The number of amidine groups is 1. The lowest BCUT2D eigenvalue weighted by molar-refractivity contribution is -0.152. The van der Waals surface area contributed by atoms with E-state index in [-0.39, 0.29) is 25.5 Å². The van der Waals surface area contributed by atoms with Crippen molar-refractivity contribution in [1.82, 2.24) is 4.90 Å². The molecule has 1 amide bonds. The Labute approximate surface area is 101 Å². The summed E-state index contributed by atoms with van der Waals surface area (Å²) in [4.78, 5) is 12.7. The number of ether oxygens (including phenoxy) is 1. The molecular formula is C9H14F3N3O3. The first-order valence-corrected chi connectivity index (χ1v) is 5.27. The van der Waals surface area contributed by atoms with E-state index in [0.29, 0.717) is 0 Å². The van der Waals surface area contributed by atoms with E-state index in [2.05, 4.69) is 5.16 Å². The van der Waals surface area contributed by atoms with Crippen molar-refractivity contribution in [2.75, 3.05) is 19.7 Å². The lowest BCUT2D eigenvalue weighted by Crippen LogP contribution is -2.50. The fourth-order valence-electron chi connectivity index (χ4n) is 1.53. The predicted octanol–water partition coefficient (Wildman–Crippen LogP) is 0.303. The number of carbonyl (C=O) groups is 1. The van der Waals surface area contributed by atoms with Crippen molar-refractivity contribution in [3.63, 3.8) is 0 Å². The number of halogens is 3. The Bertz CT molecular complexity index is 333. The van der Waals surface area contributed by atoms with E-state index >= 15 is 0 Å². The fraction of sp³-hybridized carbons (Fsp3) is 0.778. The van der Waals surface area contributed by atoms with Gasteiger partial charge < -0.3 is 20.6 Å². The van der Waals surface area contributed by atoms with Gasteiger partial charge in [-0.25, -0.2) is 0 Å². The highest BCUT2D eigenvalue weighted by Crippen LogP contribution is 2.22. The molecule has 0 aromatic carbocycles. The monoisotopic (exact) mass is 269 g/mol. The standard InChI is InChI=1S/C9H14F3N3O3/c10-9(11,12)2-1-7(16)15-3-4-18-6(5-15)8(13)14-17/h6,17H,1-5H2,(H2,13,14). The van der Waals surface area contributed by atoms with Gasteiger partial charge in [-0.05, 0) is 0 Å². The molecule has 1 saturated heterocycles. The van der Waals surface area contributed by atoms with Gasteiger partial charge in [0.05, 0.1) is 19.6 Å². The third-order valence-electron chi connectivity index (χ3n) is 2.49. The Morgan fingerprint density at radius 2 is 2.22 bits per heavy atom. The molecule has 1 aliphatic rings. The van der Waals surface area contributed by atoms with Crippen LogP contribution in [0.25, 0.3) is 0 Å². The van der Waals surface area contributed by atoms with Crippen LogP contribution in [-0.2, 0) is 9.53 Å². The van der Waals surface area contributed by atoms with Gasteiger partial charge in [0, 0.05) is 13.0 Å². The molecule has 6 nitrogen and oxygen atoms in total. The number of hydrogen-bond donors (Lipinski definition) is 2. The van der Waals surface area contributed by atoms with Gasteiger partial charge in [-0.3, -0.25) is 4.79 Å². The second kappa shape index (κ2) is 5.89. The van der Waals surface area contributed by atoms with Gasteiger partial charge in [-0.1, -0.05) is 5.16 Å². The molecule has 1 aliphatic heterocycles. The summed E-state index contributed by atoms with van der Waals surface area (Å²) in [6.07, 6.45) is -6.89. The van der Waals surface area contributed by atoms with Crippen molar-refractivity contribution in [2.24, 2.45) is 10.9 Å². The molecule has 1 heterocycles. The molecule has 1 rings (SSSR count). The van der Waals surface area contributed by atoms with Crippen LogP contribution >= 0.6 is 0 Å². The second-order valence-corrected chi connectivity index (χ2v) is 3.84. The average Bonchev–Trinajstić information content (AvgIpc) is 2.34. The summed E-state index contributed by atoms with van der Waals surface area (Å²) >= 11 is 0. The van der Waals surface area contributed by atoms with Crippen molar-refractivity contribution < 1.29 is 27.9 Å². The van der Waals surface area contributed by atoms with Gasteiger partial charge in [-0.2, -0.15) is 13.2 Å². The average molecular weight is 269 g/mol. The molecule has 0 radical (unpaired) electrons. The number of rotatable bonds is 3. The smallest absolute Gasteiger partial charge is 0.389 e. The minimum Gasteiger partial charge on any atom is -0.409 e. The van der Waals surface area contributed by atoms with Crippen LogP contribution in [0.3, 0.4) is 0 Å².